The maximum absolute atomic E-state index is 14.0. The molecule has 0 atom stereocenters. The number of hydrogen-bond donors (Lipinski definition) is 1. The van der Waals surface area contributed by atoms with Crippen molar-refractivity contribution in [2.24, 2.45) is 0 Å². The summed E-state index contributed by atoms with van der Waals surface area (Å²) < 4.78 is 57.2. The second-order valence-corrected chi connectivity index (χ2v) is 26.6. The van der Waals surface area contributed by atoms with E-state index in [2.05, 4.69) is 157 Å². The van der Waals surface area contributed by atoms with Crippen LogP contribution in [0.15, 0.2) is 77.7 Å². The summed E-state index contributed by atoms with van der Waals surface area (Å²) in [6.07, 6.45) is 7.38. The fraction of sp³-hybridized carbons (Fsp3) is 0.516. The topological polar surface area (TPSA) is 143 Å². The van der Waals surface area contributed by atoms with Gasteiger partial charge in [0.2, 0.25) is 0 Å². The minimum Gasteiger partial charge on any atom is -0.493 e. The van der Waals surface area contributed by atoms with Gasteiger partial charge in [0.25, 0.3) is 21.6 Å². The minimum atomic E-state index is -4.42. The second-order valence-electron chi connectivity index (χ2n) is 24.9. The quantitative estimate of drug-likeness (QED) is 0.0505. The van der Waals surface area contributed by atoms with E-state index in [9.17, 15) is 23.3 Å². The monoisotopic (exact) mass is 1060 g/mol. The first-order valence-electron chi connectivity index (χ1n) is 27.5. The van der Waals surface area contributed by atoms with Crippen molar-refractivity contribution in [1.29, 1.82) is 0 Å². The van der Waals surface area contributed by atoms with Crippen LogP contribution < -0.4 is 23.7 Å². The Balaban J connectivity index is 1.72. The molecular weight excluding hydrogens is 973 g/mol. The summed E-state index contributed by atoms with van der Waals surface area (Å²) in [5.41, 5.74) is 11.2. The number of rotatable bonds is 18. The van der Waals surface area contributed by atoms with Crippen LogP contribution in [0.1, 0.15) is 209 Å². The first-order valence-corrected chi connectivity index (χ1v) is 29.0. The number of non-ortho nitro benzene ring substituents is 1. The van der Waals surface area contributed by atoms with Crippen molar-refractivity contribution in [2.45, 2.75) is 195 Å². The van der Waals surface area contributed by atoms with E-state index in [1.54, 1.807) is 0 Å². The average molecular weight is 1060 g/mol. The van der Waals surface area contributed by atoms with E-state index in [0.29, 0.717) is 51.3 Å². The number of amides is 1. The third kappa shape index (κ3) is 15.0. The number of ether oxygens (including phenoxy) is 4. The normalized spacial score (nSPS) is 13.2. The maximum atomic E-state index is 14.0. The SMILES string of the molecule is CCCCOc1c2cc(C(C)(C)C)cc1Cc1cc(C(C)(C)C)cc(c1OCCCC)Cc1cc(C(C)(C)C)cc(c1OCC(=O)NS(=O)(=O)c1ccc([N+](=O)[O-])cc1)Cc1cc(C(C)(C)C)cc(c1OCCCC)C2. The van der Waals surface area contributed by atoms with E-state index in [-0.39, 0.29) is 32.2 Å². The molecule has 1 N–H and O–H groups in total. The van der Waals surface area contributed by atoms with E-state index >= 15 is 0 Å². The maximum Gasteiger partial charge on any atom is 0.271 e. The van der Waals surface area contributed by atoms with E-state index in [1.807, 2.05) is 0 Å². The van der Waals surface area contributed by atoms with Crippen molar-refractivity contribution >= 4 is 21.6 Å². The van der Waals surface area contributed by atoms with E-state index in [0.717, 1.165) is 141 Å². The largest absolute Gasteiger partial charge is 0.493 e. The molecule has 1 amide bonds. The zero-order valence-electron chi connectivity index (χ0n) is 48.4. The Morgan fingerprint density at radius 2 is 0.750 bits per heavy atom. The third-order valence-electron chi connectivity index (χ3n) is 14.1. The summed E-state index contributed by atoms with van der Waals surface area (Å²) in [6, 6.07) is 22.6. The van der Waals surface area contributed by atoms with Gasteiger partial charge in [-0.2, -0.15) is 0 Å². The molecule has 11 nitrogen and oxygen atoms in total. The lowest BCUT2D eigenvalue weighted by Gasteiger charge is -2.29. The zero-order chi connectivity index (χ0) is 56.0. The van der Waals surface area contributed by atoms with Crippen molar-refractivity contribution in [3.05, 3.63) is 150 Å². The van der Waals surface area contributed by atoms with E-state index in [4.69, 9.17) is 18.9 Å². The first-order chi connectivity index (χ1) is 35.5. The minimum absolute atomic E-state index is 0.181. The molecule has 0 saturated carbocycles. The highest BCUT2D eigenvalue weighted by Crippen LogP contribution is 2.45. The van der Waals surface area contributed by atoms with Gasteiger partial charge in [0, 0.05) is 37.8 Å². The van der Waals surface area contributed by atoms with Crippen molar-refractivity contribution in [3.8, 4) is 23.0 Å². The number of nitrogens with one attached hydrogen (secondary N) is 1. The van der Waals surface area contributed by atoms with E-state index < -0.39 is 27.5 Å². The highest BCUT2D eigenvalue weighted by molar-refractivity contribution is 7.90. The summed E-state index contributed by atoms with van der Waals surface area (Å²) in [5, 5.41) is 11.4. The molecule has 76 heavy (non-hydrogen) atoms. The Hall–Kier alpha value is -5.88. The summed E-state index contributed by atoms with van der Waals surface area (Å²) in [4.78, 5) is 24.4. The van der Waals surface area contributed by atoms with Gasteiger partial charge < -0.3 is 18.9 Å². The molecular formula is C64H86N2O9S. The van der Waals surface area contributed by atoms with Gasteiger partial charge in [-0.15, -0.1) is 0 Å². The number of nitro benzene ring substituents is 1. The van der Waals surface area contributed by atoms with Crippen molar-refractivity contribution < 1.29 is 37.1 Å². The number of nitro groups is 1. The highest BCUT2D eigenvalue weighted by Gasteiger charge is 2.30. The van der Waals surface area contributed by atoms with Crippen molar-refractivity contribution in [1.82, 2.24) is 4.72 Å². The van der Waals surface area contributed by atoms with Crippen LogP contribution in [0.2, 0.25) is 0 Å². The highest BCUT2D eigenvalue weighted by atomic mass is 32.2. The van der Waals surface area contributed by atoms with Crippen LogP contribution in [0.4, 0.5) is 5.69 Å². The number of fused-ring (bicyclic) bond motifs is 8. The molecule has 412 valence electrons. The lowest BCUT2D eigenvalue weighted by Crippen LogP contribution is -2.34. The molecule has 0 heterocycles. The Bertz CT molecular complexity index is 2860. The smallest absolute Gasteiger partial charge is 0.271 e. The Morgan fingerprint density at radius 3 is 0.987 bits per heavy atom. The van der Waals surface area contributed by atoms with Crippen LogP contribution in [0, 0.1) is 10.1 Å². The number of sulfonamides is 1. The molecule has 12 heteroatoms. The molecule has 8 bridgehead atoms. The lowest BCUT2D eigenvalue weighted by molar-refractivity contribution is -0.384. The molecule has 0 saturated heterocycles. The van der Waals surface area contributed by atoms with Crippen molar-refractivity contribution in [3.63, 3.8) is 0 Å². The number of hydrogen-bond acceptors (Lipinski definition) is 9. The van der Waals surface area contributed by atoms with Gasteiger partial charge in [0.05, 0.1) is 29.6 Å². The van der Waals surface area contributed by atoms with Gasteiger partial charge in [-0.3, -0.25) is 14.9 Å². The van der Waals surface area contributed by atoms with Crippen LogP contribution in [0.25, 0.3) is 0 Å². The zero-order valence-corrected chi connectivity index (χ0v) is 49.2. The summed E-state index contributed by atoms with van der Waals surface area (Å²) in [6.45, 7) is 34.3. The fourth-order valence-electron chi connectivity index (χ4n) is 9.44. The van der Waals surface area contributed by atoms with Crippen LogP contribution in [0.3, 0.4) is 0 Å². The predicted molar refractivity (Wildman–Crippen MR) is 307 cm³/mol. The van der Waals surface area contributed by atoms with Gasteiger partial charge in [0.15, 0.2) is 6.61 Å². The molecule has 6 rings (SSSR count). The van der Waals surface area contributed by atoms with Gasteiger partial charge >= 0.3 is 0 Å². The average Bonchev–Trinajstić information content (AvgIpc) is 3.31. The van der Waals surface area contributed by atoms with Gasteiger partial charge in [0.1, 0.15) is 23.0 Å². The molecule has 5 aromatic carbocycles. The van der Waals surface area contributed by atoms with Crippen LogP contribution >= 0.6 is 0 Å². The van der Waals surface area contributed by atoms with E-state index in [1.165, 1.54) is 5.56 Å². The molecule has 0 aliphatic heterocycles. The third-order valence-corrected chi connectivity index (χ3v) is 15.5. The van der Waals surface area contributed by atoms with Gasteiger partial charge in [-0.1, -0.05) is 172 Å². The fourth-order valence-corrected chi connectivity index (χ4v) is 10.4. The number of benzene rings is 5. The molecule has 1 aliphatic carbocycles. The predicted octanol–water partition coefficient (Wildman–Crippen LogP) is 14.9. The molecule has 0 unspecified atom stereocenters. The van der Waals surface area contributed by atoms with Gasteiger partial charge in [-0.25, -0.2) is 13.1 Å². The van der Waals surface area contributed by atoms with Crippen molar-refractivity contribution in [2.75, 3.05) is 26.4 Å². The Kier molecular flexibility index (Phi) is 18.9. The molecule has 1 aliphatic rings. The van der Waals surface area contributed by atoms with Crippen LogP contribution in [-0.2, 0) is 62.2 Å². The molecule has 0 fully saturated rings. The van der Waals surface area contributed by atoms with Gasteiger partial charge in [-0.05, 0) is 120 Å². The number of carbonyl (C=O) groups excluding carboxylic acids is 1. The first kappa shape index (κ1) is 59.4. The summed E-state index contributed by atoms with van der Waals surface area (Å²) in [7, 11) is -4.42. The Morgan fingerprint density at radius 1 is 0.487 bits per heavy atom. The standard InChI is InChI=1S/C64H86N2O9S/c1-16-19-26-72-57-42-29-44-35-51(62(7,8)9)37-46(58(44)73-27-20-17-2)31-48-39-53(64(13,14)15)40-49(60(48)75-41-56(67)65-76(70,71)55-24-22-54(23-25-55)66(68)69)32-47-38-52(63(10,11)12)36-45(59(47)74-28-21-18-3)30-43(57)34-50(33-42)61(4,5)6/h22-25,33-40H,16-21,26-32,41H2,1-15H3,(H,65,67). The number of carbonyl (C=O) groups is 1. The summed E-state index contributed by atoms with van der Waals surface area (Å²) in [5.74, 6) is 2.10. The molecule has 5 aromatic rings. The van der Waals surface area contributed by atoms with Crippen LogP contribution in [-0.4, -0.2) is 45.7 Å². The second kappa shape index (κ2) is 24.2. The lowest BCUT2D eigenvalue weighted by atomic mass is 9.79. The Labute approximate surface area is 455 Å². The number of nitrogens with zero attached hydrogens (tertiary/aromatic N) is 1. The molecule has 0 spiro atoms. The molecule has 0 radical (unpaired) electrons. The molecule has 0 aromatic heterocycles. The number of unbranched alkanes of at least 4 members (excludes halogenated alkanes) is 3. The van der Waals surface area contributed by atoms with Crippen LogP contribution in [0.5, 0.6) is 23.0 Å². The summed E-state index contributed by atoms with van der Waals surface area (Å²) >= 11 is 0.